The molecule has 0 amide bonds. The normalized spacial score (nSPS) is 11.2. The molecule has 0 unspecified atom stereocenters. The summed E-state index contributed by atoms with van der Waals surface area (Å²) in [4.78, 5) is 0. The summed E-state index contributed by atoms with van der Waals surface area (Å²) in [6.07, 6.45) is 0. The van der Waals surface area contributed by atoms with Gasteiger partial charge < -0.3 is 14.8 Å². The summed E-state index contributed by atoms with van der Waals surface area (Å²) in [6, 6.07) is 13.8. The molecule has 0 saturated carbocycles. The molecule has 1 heterocycles. The van der Waals surface area contributed by atoms with Gasteiger partial charge in [-0.1, -0.05) is 45.4 Å². The monoisotopic (exact) mass is 427 g/mol. The van der Waals surface area contributed by atoms with Gasteiger partial charge in [0, 0.05) is 18.4 Å². The van der Waals surface area contributed by atoms with E-state index >= 15 is 0 Å². The van der Waals surface area contributed by atoms with E-state index in [9.17, 15) is 0 Å². The zero-order valence-electron chi connectivity index (χ0n) is 18.5. The Morgan fingerprint density at radius 2 is 1.80 bits per heavy atom. The van der Waals surface area contributed by atoms with Crippen LogP contribution in [0.1, 0.15) is 56.5 Å². The summed E-state index contributed by atoms with van der Waals surface area (Å²) >= 11 is 6.58. The molecule has 5 nitrogen and oxygen atoms in total. The predicted molar refractivity (Wildman–Crippen MR) is 124 cm³/mol. The molecule has 0 aliphatic rings. The second-order valence-electron chi connectivity index (χ2n) is 7.86. The van der Waals surface area contributed by atoms with E-state index in [4.69, 9.17) is 26.2 Å². The van der Waals surface area contributed by atoms with Crippen LogP contribution in [0, 0.1) is 0 Å². The first kappa shape index (κ1) is 22.0. The van der Waals surface area contributed by atoms with Gasteiger partial charge in [0.2, 0.25) is 0 Å². The van der Waals surface area contributed by atoms with E-state index in [0.717, 1.165) is 34.1 Å². The Kier molecular flexibility index (Phi) is 6.93. The topological polar surface area (TPSA) is 48.3 Å². The van der Waals surface area contributed by atoms with Crippen molar-refractivity contribution in [2.24, 2.45) is 0 Å². The van der Waals surface area contributed by atoms with Gasteiger partial charge >= 0.3 is 0 Å². The number of nitrogens with zero attached hydrogens (tertiary/aromatic N) is 2. The van der Waals surface area contributed by atoms with Crippen LogP contribution in [0.4, 0.5) is 5.69 Å². The van der Waals surface area contributed by atoms with Crippen molar-refractivity contribution < 1.29 is 9.47 Å². The Labute approximate surface area is 184 Å². The number of benzene rings is 2. The second-order valence-corrected chi connectivity index (χ2v) is 8.26. The van der Waals surface area contributed by atoms with E-state index in [1.54, 1.807) is 7.11 Å². The first-order valence-corrected chi connectivity index (χ1v) is 10.6. The van der Waals surface area contributed by atoms with Crippen LogP contribution in [0.5, 0.6) is 11.5 Å². The number of ether oxygens (including phenoxy) is 2. The van der Waals surface area contributed by atoms with Gasteiger partial charge in [-0.2, -0.15) is 5.10 Å². The molecule has 30 heavy (non-hydrogen) atoms. The van der Waals surface area contributed by atoms with Crippen LogP contribution in [0.25, 0.3) is 5.69 Å². The van der Waals surface area contributed by atoms with Gasteiger partial charge in [0.15, 0.2) is 0 Å². The molecule has 0 saturated heterocycles. The van der Waals surface area contributed by atoms with E-state index < -0.39 is 0 Å². The summed E-state index contributed by atoms with van der Waals surface area (Å²) in [5, 5.41) is 8.52. The van der Waals surface area contributed by atoms with E-state index in [-0.39, 0.29) is 0 Å². The highest BCUT2D eigenvalue weighted by Crippen LogP contribution is 2.32. The Morgan fingerprint density at radius 1 is 1.03 bits per heavy atom. The van der Waals surface area contributed by atoms with Crippen molar-refractivity contribution in [3.8, 4) is 17.2 Å². The minimum Gasteiger partial charge on any atom is -0.496 e. The lowest BCUT2D eigenvalue weighted by molar-refractivity contribution is 0.297. The molecule has 160 valence electrons. The highest BCUT2D eigenvalue weighted by molar-refractivity contribution is 6.32. The maximum absolute atomic E-state index is 6.58. The summed E-state index contributed by atoms with van der Waals surface area (Å²) in [7, 11) is 3.53. The molecule has 0 spiro atoms. The number of anilines is 1. The third-order valence-corrected chi connectivity index (χ3v) is 5.39. The molecule has 6 heteroatoms. The Hall–Kier alpha value is -2.66. The van der Waals surface area contributed by atoms with Crippen molar-refractivity contribution >= 4 is 17.3 Å². The number of rotatable bonds is 8. The lowest BCUT2D eigenvalue weighted by Crippen LogP contribution is -2.05. The molecule has 3 aromatic rings. The molecule has 0 radical (unpaired) electrons. The molecular formula is C24H30ClN3O2. The minimum absolute atomic E-state index is 0.343. The average Bonchev–Trinajstić information content (AvgIpc) is 3.18. The SMILES string of the molecule is CNc1cccc(OC)c1COc1ccc(-n2nc(C(C)C)cc2C(C)C)cc1Cl. The zero-order valence-corrected chi connectivity index (χ0v) is 19.2. The first-order valence-electron chi connectivity index (χ1n) is 10.2. The molecule has 0 aliphatic heterocycles. The van der Waals surface area contributed by atoms with Crippen molar-refractivity contribution in [2.45, 2.75) is 46.1 Å². The number of aromatic nitrogens is 2. The summed E-state index contributed by atoms with van der Waals surface area (Å²) < 4.78 is 13.5. The standard InChI is InChI=1S/C24H30ClN3O2/c1-15(2)21-13-22(16(3)4)28(27-21)17-10-11-24(19(25)12-17)30-14-18-20(26-5)8-7-9-23(18)29-6/h7-13,15-16,26H,14H2,1-6H3. The highest BCUT2D eigenvalue weighted by atomic mass is 35.5. The van der Waals surface area contributed by atoms with Crippen LogP contribution in [0.3, 0.4) is 0 Å². The molecular weight excluding hydrogens is 398 g/mol. The summed E-state index contributed by atoms with van der Waals surface area (Å²) in [5.41, 5.74) is 5.07. The van der Waals surface area contributed by atoms with Gasteiger partial charge in [0.25, 0.3) is 0 Å². The van der Waals surface area contributed by atoms with Crippen LogP contribution in [-0.4, -0.2) is 23.9 Å². The number of hydrogen-bond donors (Lipinski definition) is 1. The number of nitrogens with one attached hydrogen (secondary N) is 1. The Bertz CT molecular complexity index is 989. The maximum atomic E-state index is 6.58. The van der Waals surface area contributed by atoms with Crippen molar-refractivity contribution in [3.63, 3.8) is 0 Å². The van der Waals surface area contributed by atoms with Crippen molar-refractivity contribution in [1.29, 1.82) is 0 Å². The van der Waals surface area contributed by atoms with Gasteiger partial charge in [0.05, 0.1) is 29.1 Å². The molecule has 0 atom stereocenters. The maximum Gasteiger partial charge on any atom is 0.138 e. The van der Waals surface area contributed by atoms with Gasteiger partial charge in [-0.25, -0.2) is 4.68 Å². The fourth-order valence-corrected chi connectivity index (χ4v) is 3.57. The van der Waals surface area contributed by atoms with Crippen molar-refractivity contribution in [2.75, 3.05) is 19.5 Å². The van der Waals surface area contributed by atoms with Crippen LogP contribution in [0.2, 0.25) is 5.02 Å². The van der Waals surface area contributed by atoms with Crippen LogP contribution < -0.4 is 14.8 Å². The predicted octanol–water partition coefficient (Wildman–Crippen LogP) is 6.40. The molecule has 0 aliphatic carbocycles. The minimum atomic E-state index is 0.343. The molecule has 3 rings (SSSR count). The van der Waals surface area contributed by atoms with E-state index in [2.05, 4.69) is 39.1 Å². The van der Waals surface area contributed by atoms with Crippen molar-refractivity contribution in [1.82, 2.24) is 9.78 Å². The Morgan fingerprint density at radius 3 is 2.40 bits per heavy atom. The fourth-order valence-electron chi connectivity index (χ4n) is 3.34. The quantitative estimate of drug-likeness (QED) is 0.451. The third kappa shape index (κ3) is 4.57. The average molecular weight is 428 g/mol. The third-order valence-electron chi connectivity index (χ3n) is 5.09. The zero-order chi connectivity index (χ0) is 21.8. The molecule has 2 aromatic carbocycles. The highest BCUT2D eigenvalue weighted by Gasteiger charge is 2.16. The second kappa shape index (κ2) is 9.43. The van der Waals surface area contributed by atoms with Crippen LogP contribution in [0.15, 0.2) is 42.5 Å². The molecule has 1 N–H and O–H groups in total. The van der Waals surface area contributed by atoms with E-state index in [1.807, 2.05) is 48.1 Å². The van der Waals surface area contributed by atoms with Crippen LogP contribution >= 0.6 is 11.6 Å². The van der Waals surface area contributed by atoms with Gasteiger partial charge in [0.1, 0.15) is 18.1 Å². The number of hydrogen-bond acceptors (Lipinski definition) is 4. The van der Waals surface area contributed by atoms with Gasteiger partial charge in [-0.15, -0.1) is 0 Å². The molecule has 1 aromatic heterocycles. The van der Waals surface area contributed by atoms with E-state index in [0.29, 0.717) is 29.2 Å². The number of halogens is 1. The molecule has 0 bridgehead atoms. The van der Waals surface area contributed by atoms with Crippen molar-refractivity contribution in [3.05, 3.63) is 64.4 Å². The summed E-state index contributed by atoms with van der Waals surface area (Å²) in [6.45, 7) is 8.98. The van der Waals surface area contributed by atoms with Gasteiger partial charge in [-0.3, -0.25) is 0 Å². The summed E-state index contributed by atoms with van der Waals surface area (Å²) in [5.74, 6) is 2.11. The smallest absolute Gasteiger partial charge is 0.138 e. The van der Waals surface area contributed by atoms with Gasteiger partial charge in [-0.05, 0) is 48.2 Å². The lowest BCUT2D eigenvalue weighted by atomic mass is 10.1. The largest absolute Gasteiger partial charge is 0.496 e. The fraction of sp³-hybridized carbons (Fsp3) is 0.375. The van der Waals surface area contributed by atoms with Crippen LogP contribution in [-0.2, 0) is 6.61 Å². The van der Waals surface area contributed by atoms with E-state index in [1.165, 1.54) is 0 Å². The number of methoxy groups -OCH3 is 1. The lowest BCUT2D eigenvalue weighted by Gasteiger charge is -2.16. The Balaban J connectivity index is 1.87. The molecule has 0 fully saturated rings. The first-order chi connectivity index (χ1) is 14.3.